The molecule has 2 aromatic heterocycles. The molecule has 1 amide bonds. The van der Waals surface area contributed by atoms with Gasteiger partial charge in [-0.1, -0.05) is 0 Å². The fourth-order valence-electron chi connectivity index (χ4n) is 2.75. The lowest BCUT2D eigenvalue weighted by molar-refractivity contribution is -0.115. The number of ether oxygens (including phenoxy) is 1. The van der Waals surface area contributed by atoms with Crippen LogP contribution in [0.15, 0.2) is 58.5 Å². The quantitative estimate of drug-likeness (QED) is 0.534. The zero-order chi connectivity index (χ0) is 18.8. The van der Waals surface area contributed by atoms with Crippen LogP contribution in [0, 0.1) is 5.82 Å². The lowest BCUT2D eigenvalue weighted by Crippen LogP contribution is -2.13. The smallest absolute Gasteiger partial charge is 0.230 e. The van der Waals surface area contributed by atoms with Gasteiger partial charge in [-0.3, -0.25) is 4.79 Å². The SMILES string of the molecule is COc1ccc2c(CC(=O)Nc3nc(-c4ccc(F)cc4)cs3)coc2c1. The third kappa shape index (κ3) is 3.68. The van der Waals surface area contributed by atoms with Crippen LogP contribution in [0.1, 0.15) is 5.56 Å². The summed E-state index contributed by atoms with van der Waals surface area (Å²) in [7, 11) is 1.59. The first-order chi connectivity index (χ1) is 13.1. The number of aromatic nitrogens is 1. The van der Waals surface area contributed by atoms with E-state index in [1.54, 1.807) is 31.6 Å². The van der Waals surface area contributed by atoms with Gasteiger partial charge in [-0.05, 0) is 36.4 Å². The average molecular weight is 382 g/mol. The Labute approximate surface area is 158 Å². The molecule has 2 heterocycles. The van der Waals surface area contributed by atoms with Gasteiger partial charge in [0.25, 0.3) is 0 Å². The van der Waals surface area contributed by atoms with E-state index in [1.807, 2.05) is 17.5 Å². The maximum atomic E-state index is 13.0. The first kappa shape index (κ1) is 17.2. The first-order valence-electron chi connectivity index (χ1n) is 8.18. The van der Waals surface area contributed by atoms with Crippen LogP contribution >= 0.6 is 11.3 Å². The molecule has 0 spiro atoms. The molecule has 0 aliphatic rings. The third-order valence-electron chi connectivity index (χ3n) is 4.10. The highest BCUT2D eigenvalue weighted by Gasteiger charge is 2.13. The molecular formula is C20H15FN2O3S. The van der Waals surface area contributed by atoms with E-state index >= 15 is 0 Å². The molecule has 0 atom stereocenters. The highest BCUT2D eigenvalue weighted by Crippen LogP contribution is 2.27. The van der Waals surface area contributed by atoms with Crippen LogP contribution in [0.25, 0.3) is 22.2 Å². The number of nitrogens with zero attached hydrogens (tertiary/aromatic N) is 1. The van der Waals surface area contributed by atoms with Gasteiger partial charge in [0, 0.05) is 28.0 Å². The lowest BCUT2D eigenvalue weighted by Gasteiger charge is -2.01. The van der Waals surface area contributed by atoms with Gasteiger partial charge in [-0.2, -0.15) is 0 Å². The Balaban J connectivity index is 1.46. The molecule has 2 aromatic carbocycles. The summed E-state index contributed by atoms with van der Waals surface area (Å²) in [6.45, 7) is 0. The van der Waals surface area contributed by atoms with Gasteiger partial charge in [-0.25, -0.2) is 9.37 Å². The second-order valence-electron chi connectivity index (χ2n) is 5.89. The number of anilines is 1. The normalized spacial score (nSPS) is 10.9. The summed E-state index contributed by atoms with van der Waals surface area (Å²) in [5, 5.41) is 5.99. The van der Waals surface area contributed by atoms with Crippen LogP contribution in [0.3, 0.4) is 0 Å². The van der Waals surface area contributed by atoms with Crippen molar-refractivity contribution in [1.29, 1.82) is 0 Å². The van der Waals surface area contributed by atoms with Crippen molar-refractivity contribution in [3.8, 4) is 17.0 Å². The maximum absolute atomic E-state index is 13.0. The molecule has 0 bridgehead atoms. The molecule has 0 fully saturated rings. The number of halogens is 1. The molecule has 0 aliphatic heterocycles. The van der Waals surface area contributed by atoms with Crippen LogP contribution in [0.5, 0.6) is 5.75 Å². The predicted molar refractivity (Wildman–Crippen MR) is 103 cm³/mol. The summed E-state index contributed by atoms with van der Waals surface area (Å²) in [5.74, 6) is 0.213. The van der Waals surface area contributed by atoms with Crippen LogP contribution in [0.2, 0.25) is 0 Å². The molecule has 4 aromatic rings. The number of furan rings is 1. The monoisotopic (exact) mass is 382 g/mol. The average Bonchev–Trinajstić information content (AvgIpc) is 3.29. The van der Waals surface area contributed by atoms with E-state index in [1.165, 1.54) is 23.5 Å². The van der Waals surface area contributed by atoms with Crippen molar-refractivity contribution in [2.45, 2.75) is 6.42 Å². The summed E-state index contributed by atoms with van der Waals surface area (Å²) in [6.07, 6.45) is 1.75. The largest absolute Gasteiger partial charge is 0.497 e. The Kier molecular flexibility index (Phi) is 4.60. The first-order valence-corrected chi connectivity index (χ1v) is 9.06. The number of hydrogen-bond donors (Lipinski definition) is 1. The van der Waals surface area contributed by atoms with E-state index in [0.717, 1.165) is 16.5 Å². The molecule has 7 heteroatoms. The molecule has 0 radical (unpaired) electrons. The number of rotatable bonds is 5. The van der Waals surface area contributed by atoms with Crippen molar-refractivity contribution in [3.63, 3.8) is 0 Å². The fourth-order valence-corrected chi connectivity index (χ4v) is 3.48. The molecule has 0 saturated carbocycles. The van der Waals surface area contributed by atoms with Crippen LogP contribution in [0.4, 0.5) is 9.52 Å². The van der Waals surface area contributed by atoms with Gasteiger partial charge in [0.15, 0.2) is 5.13 Å². The molecule has 0 aliphatic carbocycles. The Morgan fingerprint density at radius 3 is 2.85 bits per heavy atom. The summed E-state index contributed by atoms with van der Waals surface area (Å²) in [4.78, 5) is 16.8. The van der Waals surface area contributed by atoms with E-state index in [-0.39, 0.29) is 18.1 Å². The standard InChI is InChI=1S/C20H15FN2O3S/c1-25-15-6-7-16-13(10-26-18(16)9-15)8-19(24)23-20-22-17(11-27-20)12-2-4-14(21)5-3-12/h2-7,9-11H,8H2,1H3,(H,22,23,24). The number of amides is 1. The molecule has 4 rings (SSSR count). The predicted octanol–water partition coefficient (Wildman–Crippen LogP) is 4.89. The van der Waals surface area contributed by atoms with Crippen molar-refractivity contribution in [1.82, 2.24) is 4.98 Å². The van der Waals surface area contributed by atoms with E-state index in [9.17, 15) is 9.18 Å². The Morgan fingerprint density at radius 2 is 2.07 bits per heavy atom. The molecule has 5 nitrogen and oxygen atoms in total. The second-order valence-corrected chi connectivity index (χ2v) is 6.75. The molecule has 27 heavy (non-hydrogen) atoms. The number of hydrogen-bond acceptors (Lipinski definition) is 5. The summed E-state index contributed by atoms with van der Waals surface area (Å²) in [5.41, 5.74) is 2.95. The molecule has 1 N–H and O–H groups in total. The highest BCUT2D eigenvalue weighted by molar-refractivity contribution is 7.14. The summed E-state index contributed by atoms with van der Waals surface area (Å²) >= 11 is 1.32. The van der Waals surface area contributed by atoms with E-state index in [2.05, 4.69) is 10.3 Å². The number of carbonyl (C=O) groups excluding carboxylic acids is 1. The van der Waals surface area contributed by atoms with Crippen LogP contribution in [-0.2, 0) is 11.2 Å². The minimum absolute atomic E-state index is 0.171. The Hall–Kier alpha value is -3.19. The van der Waals surface area contributed by atoms with E-state index in [0.29, 0.717) is 22.2 Å². The van der Waals surface area contributed by atoms with Gasteiger partial charge in [0.1, 0.15) is 17.1 Å². The number of nitrogens with one attached hydrogen (secondary N) is 1. The second kappa shape index (κ2) is 7.20. The van der Waals surface area contributed by atoms with Gasteiger partial charge in [-0.15, -0.1) is 11.3 Å². The minimum atomic E-state index is -0.299. The number of fused-ring (bicyclic) bond motifs is 1. The van der Waals surface area contributed by atoms with Crippen molar-refractivity contribution in [2.24, 2.45) is 0 Å². The van der Waals surface area contributed by atoms with Gasteiger partial charge in [0.05, 0.1) is 25.5 Å². The van der Waals surface area contributed by atoms with Crippen LogP contribution < -0.4 is 10.1 Å². The fraction of sp³-hybridized carbons (Fsp3) is 0.100. The number of thiazole rings is 1. The highest BCUT2D eigenvalue weighted by atomic mass is 32.1. The van der Waals surface area contributed by atoms with Crippen molar-refractivity contribution in [3.05, 3.63) is 65.5 Å². The summed E-state index contributed by atoms with van der Waals surface area (Å²) in [6, 6.07) is 11.6. The zero-order valence-electron chi connectivity index (χ0n) is 14.4. The van der Waals surface area contributed by atoms with Gasteiger partial charge >= 0.3 is 0 Å². The Morgan fingerprint density at radius 1 is 1.26 bits per heavy atom. The van der Waals surface area contributed by atoms with Crippen molar-refractivity contribution < 1.29 is 18.3 Å². The topological polar surface area (TPSA) is 64.4 Å². The number of carbonyl (C=O) groups is 1. The third-order valence-corrected chi connectivity index (χ3v) is 4.86. The van der Waals surface area contributed by atoms with Crippen molar-refractivity contribution in [2.75, 3.05) is 12.4 Å². The number of methoxy groups -OCH3 is 1. The van der Waals surface area contributed by atoms with E-state index < -0.39 is 0 Å². The van der Waals surface area contributed by atoms with Crippen molar-refractivity contribution >= 4 is 33.3 Å². The molecule has 136 valence electrons. The zero-order valence-corrected chi connectivity index (χ0v) is 15.2. The minimum Gasteiger partial charge on any atom is -0.497 e. The molecule has 0 unspecified atom stereocenters. The lowest BCUT2D eigenvalue weighted by atomic mass is 10.1. The van der Waals surface area contributed by atoms with Gasteiger partial charge in [0.2, 0.25) is 5.91 Å². The maximum Gasteiger partial charge on any atom is 0.230 e. The Bertz CT molecular complexity index is 1100. The molecule has 0 saturated heterocycles. The van der Waals surface area contributed by atoms with E-state index in [4.69, 9.17) is 9.15 Å². The van der Waals surface area contributed by atoms with Gasteiger partial charge < -0.3 is 14.5 Å². The van der Waals surface area contributed by atoms with Crippen LogP contribution in [-0.4, -0.2) is 18.0 Å². The number of benzene rings is 2. The summed E-state index contributed by atoms with van der Waals surface area (Å²) < 4.78 is 23.7. The molecular weight excluding hydrogens is 367 g/mol.